The molecule has 0 N–H and O–H groups in total. The van der Waals surface area contributed by atoms with Crippen LogP contribution in [0.15, 0.2) is 22.7 Å². The van der Waals surface area contributed by atoms with Crippen LogP contribution in [-0.2, 0) is 14.8 Å². The average molecular weight is 375 g/mol. The van der Waals surface area contributed by atoms with Crippen molar-refractivity contribution in [1.29, 1.82) is 0 Å². The predicted octanol–water partition coefficient (Wildman–Crippen LogP) is 3.02. The molecular weight excluding hydrogens is 365 g/mol. The van der Waals surface area contributed by atoms with Crippen molar-refractivity contribution >= 4 is 60.1 Å². The van der Waals surface area contributed by atoms with Crippen molar-refractivity contribution in [3.8, 4) is 0 Å². The van der Waals surface area contributed by atoms with Gasteiger partial charge in [0.2, 0.25) is 15.3 Å². The van der Waals surface area contributed by atoms with Crippen molar-refractivity contribution in [3.05, 3.63) is 27.7 Å². The number of halogens is 3. The summed E-state index contributed by atoms with van der Waals surface area (Å²) in [4.78, 5) is 11.0. The number of nitrogens with zero attached hydrogens (tertiary/aromatic N) is 1. The van der Waals surface area contributed by atoms with Gasteiger partial charge in [0.1, 0.15) is 6.54 Å². The topological polar surface area (TPSA) is 54.5 Å². The molecule has 1 aromatic rings. The summed E-state index contributed by atoms with van der Waals surface area (Å²) in [5, 5.41) is -0.551. The fourth-order valence-corrected chi connectivity index (χ4v) is 3.39. The molecule has 0 aromatic heterocycles. The van der Waals surface area contributed by atoms with E-state index < -0.39 is 21.8 Å². The van der Waals surface area contributed by atoms with Gasteiger partial charge in [-0.15, -0.1) is 0 Å². The van der Waals surface area contributed by atoms with Gasteiger partial charge in [0.15, 0.2) is 0 Å². The highest BCUT2D eigenvalue weighted by atomic mass is 79.9. The Bertz CT molecular complexity index is 562. The van der Waals surface area contributed by atoms with E-state index in [0.29, 0.717) is 4.47 Å². The van der Waals surface area contributed by atoms with Gasteiger partial charge in [-0.05, 0) is 36.7 Å². The van der Waals surface area contributed by atoms with Crippen LogP contribution >= 0.6 is 39.1 Å². The lowest BCUT2D eigenvalue weighted by atomic mass is 10.3. The highest BCUT2D eigenvalue weighted by Crippen LogP contribution is 2.30. The summed E-state index contributed by atoms with van der Waals surface area (Å²) in [5.41, 5.74) is 0.232. The van der Waals surface area contributed by atoms with Gasteiger partial charge in [0, 0.05) is 4.47 Å². The van der Waals surface area contributed by atoms with Crippen LogP contribution in [0.4, 0.5) is 5.69 Å². The van der Waals surface area contributed by atoms with Crippen molar-refractivity contribution in [1.82, 2.24) is 0 Å². The molecule has 0 spiro atoms. The quantitative estimate of drug-likeness (QED) is 0.744. The lowest BCUT2D eigenvalue weighted by Crippen LogP contribution is -2.35. The second kappa shape index (κ2) is 6.23. The zero-order chi connectivity index (χ0) is 13.9. The van der Waals surface area contributed by atoms with E-state index in [4.69, 9.17) is 23.2 Å². The molecule has 0 bridgehead atoms. The number of carbonyl (C=O) groups is 1. The normalized spacial score (nSPS) is 11.3. The minimum absolute atomic E-state index is 0.149. The number of rotatable bonds is 5. The molecule has 0 heterocycles. The Morgan fingerprint density at radius 2 is 2.06 bits per heavy atom. The van der Waals surface area contributed by atoms with Crippen LogP contribution in [0.2, 0.25) is 5.02 Å². The van der Waals surface area contributed by atoms with Crippen LogP contribution in [0.3, 0.4) is 0 Å². The maximum Gasteiger partial charge on any atom is 0.242 e. The molecule has 100 valence electrons. The molecule has 1 aromatic carbocycles. The lowest BCUT2D eigenvalue weighted by molar-refractivity contribution is -0.110. The number of hydrogen-bond donors (Lipinski definition) is 0. The summed E-state index contributed by atoms with van der Waals surface area (Å²) in [6.45, 7) is 1.03. The van der Waals surface area contributed by atoms with E-state index in [-0.39, 0.29) is 16.5 Å². The fourth-order valence-electron chi connectivity index (χ4n) is 1.29. The van der Waals surface area contributed by atoms with Gasteiger partial charge in [-0.25, -0.2) is 8.42 Å². The molecule has 4 nitrogen and oxygen atoms in total. The van der Waals surface area contributed by atoms with Crippen LogP contribution < -0.4 is 4.31 Å². The van der Waals surface area contributed by atoms with Crippen LogP contribution in [-0.4, -0.2) is 26.0 Å². The first-order chi connectivity index (χ1) is 8.27. The molecule has 0 atom stereocenters. The molecule has 0 unspecified atom stereocenters. The second-order valence-electron chi connectivity index (χ2n) is 3.36. The number of benzene rings is 1. The van der Waals surface area contributed by atoms with E-state index in [1.807, 2.05) is 0 Å². The molecule has 0 amide bonds. The largest absolute Gasteiger partial charge is 0.279 e. The summed E-state index contributed by atoms with van der Waals surface area (Å²) in [5.74, 6) is -0.149. The van der Waals surface area contributed by atoms with Gasteiger partial charge in [0.05, 0.1) is 16.5 Å². The molecule has 8 heteroatoms. The second-order valence-corrected chi connectivity index (χ2v) is 7.28. The summed E-state index contributed by atoms with van der Waals surface area (Å²) < 4.78 is 25.5. The van der Waals surface area contributed by atoms with E-state index in [1.54, 1.807) is 12.1 Å². The minimum atomic E-state index is -3.62. The van der Waals surface area contributed by atoms with Crippen molar-refractivity contribution in [3.63, 3.8) is 0 Å². The summed E-state index contributed by atoms with van der Waals surface area (Å²) >= 11 is 14.5. The zero-order valence-corrected chi connectivity index (χ0v) is 13.3. The summed E-state index contributed by atoms with van der Waals surface area (Å²) in [6, 6.07) is 4.70. The standard InChI is InChI=1S/C10H10BrCl2NO3S/c1-2-18(16,17)14(6-10(13)15)9-4-3-7(11)5-8(9)12/h3-5H,2,6H2,1H3. The molecule has 0 aliphatic rings. The van der Waals surface area contributed by atoms with Crippen LogP contribution in [0.25, 0.3) is 0 Å². The number of hydrogen-bond acceptors (Lipinski definition) is 3. The number of sulfonamides is 1. The molecule has 0 radical (unpaired) electrons. The zero-order valence-electron chi connectivity index (χ0n) is 9.36. The van der Waals surface area contributed by atoms with Gasteiger partial charge >= 0.3 is 0 Å². The predicted molar refractivity (Wildman–Crippen MR) is 76.8 cm³/mol. The fraction of sp³-hybridized carbons (Fsp3) is 0.300. The molecule has 0 aliphatic heterocycles. The molecule has 0 aliphatic carbocycles. The van der Waals surface area contributed by atoms with E-state index in [1.165, 1.54) is 13.0 Å². The SMILES string of the molecule is CCS(=O)(=O)N(CC(=O)Cl)c1ccc(Br)cc1Cl. The average Bonchev–Trinajstić information content (AvgIpc) is 2.26. The number of anilines is 1. The van der Waals surface area contributed by atoms with E-state index in [9.17, 15) is 13.2 Å². The van der Waals surface area contributed by atoms with Crippen molar-refractivity contribution in [2.75, 3.05) is 16.6 Å². The molecule has 1 rings (SSSR count). The third kappa shape index (κ3) is 3.85. The molecule has 0 fully saturated rings. The molecule has 0 saturated carbocycles. The van der Waals surface area contributed by atoms with Crippen LogP contribution in [0.1, 0.15) is 6.92 Å². The third-order valence-electron chi connectivity index (χ3n) is 2.15. The van der Waals surface area contributed by atoms with Gasteiger partial charge in [0.25, 0.3) is 0 Å². The first kappa shape index (κ1) is 15.8. The first-order valence-electron chi connectivity index (χ1n) is 4.91. The Hall–Kier alpha value is -0.300. The van der Waals surface area contributed by atoms with Crippen molar-refractivity contribution < 1.29 is 13.2 Å². The smallest absolute Gasteiger partial charge is 0.242 e. The summed E-state index contributed by atoms with van der Waals surface area (Å²) in [7, 11) is -3.62. The lowest BCUT2D eigenvalue weighted by Gasteiger charge is -2.23. The van der Waals surface area contributed by atoms with Gasteiger partial charge in [-0.3, -0.25) is 9.10 Å². The van der Waals surface area contributed by atoms with Gasteiger partial charge in [-0.1, -0.05) is 27.5 Å². The Balaban J connectivity index is 3.30. The molecular formula is C10H10BrCl2NO3S. The maximum absolute atomic E-state index is 11.9. The molecule has 18 heavy (non-hydrogen) atoms. The first-order valence-corrected chi connectivity index (χ1v) is 8.07. The number of carbonyl (C=O) groups excluding carboxylic acids is 1. The van der Waals surface area contributed by atoms with Gasteiger partial charge < -0.3 is 0 Å². The minimum Gasteiger partial charge on any atom is -0.279 e. The summed E-state index contributed by atoms with van der Waals surface area (Å²) in [6.07, 6.45) is 0. The van der Waals surface area contributed by atoms with E-state index >= 15 is 0 Å². The Morgan fingerprint density at radius 3 is 2.50 bits per heavy atom. The van der Waals surface area contributed by atoms with Crippen molar-refractivity contribution in [2.24, 2.45) is 0 Å². The molecule has 0 saturated heterocycles. The maximum atomic E-state index is 11.9. The monoisotopic (exact) mass is 373 g/mol. The van der Waals surface area contributed by atoms with Crippen LogP contribution in [0, 0.1) is 0 Å². The third-order valence-corrected chi connectivity index (χ3v) is 4.79. The van der Waals surface area contributed by atoms with Crippen molar-refractivity contribution in [2.45, 2.75) is 6.92 Å². The Kier molecular flexibility index (Phi) is 5.46. The van der Waals surface area contributed by atoms with Gasteiger partial charge in [-0.2, -0.15) is 0 Å². The Morgan fingerprint density at radius 1 is 1.44 bits per heavy atom. The van der Waals surface area contributed by atoms with E-state index in [0.717, 1.165) is 4.31 Å². The highest BCUT2D eigenvalue weighted by molar-refractivity contribution is 9.10. The highest BCUT2D eigenvalue weighted by Gasteiger charge is 2.24. The van der Waals surface area contributed by atoms with Crippen LogP contribution in [0.5, 0.6) is 0 Å². The van der Waals surface area contributed by atoms with E-state index in [2.05, 4.69) is 15.9 Å². The Labute approximate surface area is 124 Å².